The van der Waals surface area contributed by atoms with Gasteiger partial charge in [0.2, 0.25) is 5.91 Å². The molecule has 2 aromatic carbocycles. The first-order chi connectivity index (χ1) is 13.5. The highest BCUT2D eigenvalue weighted by Crippen LogP contribution is 2.36. The minimum Gasteiger partial charge on any atom is -0.504 e. The van der Waals surface area contributed by atoms with E-state index in [-0.39, 0.29) is 11.7 Å². The molecular formula is C21H19N5O2. The number of aryl methyl sites for hydroxylation is 1. The summed E-state index contributed by atoms with van der Waals surface area (Å²) in [5.74, 6) is 0.670. The van der Waals surface area contributed by atoms with Crippen molar-refractivity contribution in [3.63, 3.8) is 0 Å². The monoisotopic (exact) mass is 373 g/mol. The van der Waals surface area contributed by atoms with Gasteiger partial charge in [-0.2, -0.15) is 5.10 Å². The van der Waals surface area contributed by atoms with Crippen LogP contribution in [-0.2, 0) is 17.9 Å². The van der Waals surface area contributed by atoms with Crippen LogP contribution in [0.15, 0.2) is 36.4 Å². The molecule has 0 bridgehead atoms. The number of benzene rings is 2. The van der Waals surface area contributed by atoms with Gasteiger partial charge in [0.25, 0.3) is 0 Å². The van der Waals surface area contributed by atoms with Gasteiger partial charge in [-0.3, -0.25) is 9.89 Å². The SMILES string of the molecule is CC(=O)N1Cc2cc3nc(-c4[nH]nc(-c5ccc(C)cc5)c4O)[nH]c3cc2C1. The van der Waals surface area contributed by atoms with Crippen LogP contribution in [0.1, 0.15) is 23.6 Å². The number of fused-ring (bicyclic) bond motifs is 2. The van der Waals surface area contributed by atoms with Gasteiger partial charge in [0.1, 0.15) is 11.4 Å². The number of carbonyl (C=O) groups excluding carboxylic acids is 1. The molecule has 28 heavy (non-hydrogen) atoms. The molecule has 0 saturated carbocycles. The van der Waals surface area contributed by atoms with Gasteiger partial charge in [-0.25, -0.2) is 4.98 Å². The van der Waals surface area contributed by atoms with Gasteiger partial charge in [-0.15, -0.1) is 0 Å². The van der Waals surface area contributed by atoms with E-state index in [2.05, 4.69) is 20.2 Å². The molecule has 7 heteroatoms. The van der Waals surface area contributed by atoms with Gasteiger partial charge < -0.3 is 15.0 Å². The molecule has 0 aliphatic carbocycles. The zero-order chi connectivity index (χ0) is 19.4. The Labute approximate surface area is 161 Å². The lowest BCUT2D eigenvalue weighted by molar-refractivity contribution is -0.129. The molecule has 0 atom stereocenters. The van der Waals surface area contributed by atoms with Crippen LogP contribution in [0.3, 0.4) is 0 Å². The molecule has 3 heterocycles. The number of aromatic amines is 2. The molecule has 0 saturated heterocycles. The lowest BCUT2D eigenvalue weighted by atomic mass is 10.1. The van der Waals surface area contributed by atoms with Crippen LogP contribution < -0.4 is 0 Å². The highest BCUT2D eigenvalue weighted by Gasteiger charge is 2.23. The fourth-order valence-electron chi connectivity index (χ4n) is 3.66. The first-order valence-corrected chi connectivity index (χ1v) is 9.11. The molecule has 1 aliphatic heterocycles. The summed E-state index contributed by atoms with van der Waals surface area (Å²) in [6.45, 7) is 4.82. The van der Waals surface area contributed by atoms with Crippen LogP contribution in [0.4, 0.5) is 0 Å². The third kappa shape index (κ3) is 2.55. The van der Waals surface area contributed by atoms with Gasteiger partial charge in [0, 0.05) is 25.6 Å². The number of hydrogen-bond donors (Lipinski definition) is 3. The maximum absolute atomic E-state index is 11.6. The second-order valence-electron chi connectivity index (χ2n) is 7.26. The van der Waals surface area contributed by atoms with E-state index in [4.69, 9.17) is 0 Å². The molecule has 0 spiro atoms. The number of carbonyl (C=O) groups is 1. The summed E-state index contributed by atoms with van der Waals surface area (Å²) < 4.78 is 0. The van der Waals surface area contributed by atoms with Crippen LogP contribution in [0, 0.1) is 6.92 Å². The number of imidazole rings is 1. The Hall–Kier alpha value is -3.61. The Morgan fingerprint density at radius 1 is 1.14 bits per heavy atom. The molecule has 1 aliphatic rings. The fourth-order valence-corrected chi connectivity index (χ4v) is 3.66. The van der Waals surface area contributed by atoms with E-state index in [0.29, 0.717) is 30.3 Å². The molecule has 0 radical (unpaired) electrons. The number of aromatic nitrogens is 4. The van der Waals surface area contributed by atoms with Crippen molar-refractivity contribution in [2.24, 2.45) is 0 Å². The molecule has 0 unspecified atom stereocenters. The number of H-pyrrole nitrogens is 2. The summed E-state index contributed by atoms with van der Waals surface area (Å²) in [6, 6.07) is 11.9. The minimum absolute atomic E-state index is 0.0678. The second-order valence-corrected chi connectivity index (χ2v) is 7.26. The summed E-state index contributed by atoms with van der Waals surface area (Å²) in [7, 11) is 0. The predicted molar refractivity (Wildman–Crippen MR) is 105 cm³/mol. The zero-order valence-electron chi connectivity index (χ0n) is 15.6. The quantitative estimate of drug-likeness (QED) is 0.501. The number of rotatable bonds is 2. The number of aromatic hydroxyl groups is 1. The van der Waals surface area contributed by atoms with Gasteiger partial charge in [-0.05, 0) is 30.2 Å². The van der Waals surface area contributed by atoms with E-state index in [1.807, 2.05) is 43.3 Å². The van der Waals surface area contributed by atoms with Crippen LogP contribution >= 0.6 is 0 Å². The smallest absolute Gasteiger partial charge is 0.220 e. The molecule has 2 aromatic heterocycles. The summed E-state index contributed by atoms with van der Waals surface area (Å²) in [5, 5.41) is 17.9. The number of nitrogens with zero attached hydrogens (tertiary/aromatic N) is 3. The van der Waals surface area contributed by atoms with Crippen molar-refractivity contribution in [1.29, 1.82) is 0 Å². The predicted octanol–water partition coefficient (Wildman–Crippen LogP) is 3.50. The van der Waals surface area contributed by atoms with Crippen molar-refractivity contribution in [1.82, 2.24) is 25.1 Å². The molecule has 3 N–H and O–H groups in total. The number of nitrogens with one attached hydrogen (secondary N) is 2. The molecule has 1 amide bonds. The first-order valence-electron chi connectivity index (χ1n) is 9.11. The molecule has 0 fully saturated rings. The Morgan fingerprint density at radius 2 is 1.86 bits per heavy atom. The van der Waals surface area contributed by atoms with Crippen LogP contribution in [-0.4, -0.2) is 36.1 Å². The van der Waals surface area contributed by atoms with Gasteiger partial charge in [-0.1, -0.05) is 29.8 Å². The lowest BCUT2D eigenvalue weighted by Crippen LogP contribution is -2.21. The summed E-state index contributed by atoms with van der Waals surface area (Å²) >= 11 is 0. The topological polar surface area (TPSA) is 97.9 Å². The van der Waals surface area contributed by atoms with Crippen molar-refractivity contribution in [2.45, 2.75) is 26.9 Å². The van der Waals surface area contributed by atoms with Crippen molar-refractivity contribution < 1.29 is 9.90 Å². The third-order valence-electron chi connectivity index (χ3n) is 5.27. The fraction of sp³-hybridized carbons (Fsp3) is 0.190. The normalized spacial score (nSPS) is 13.3. The van der Waals surface area contributed by atoms with E-state index in [1.165, 1.54) is 0 Å². The average molecular weight is 373 g/mol. The standard InChI is InChI=1S/C21H19N5O2/c1-11-3-5-13(6-4-11)18-20(28)19(25-24-18)21-22-16-7-14-9-26(12(2)27)10-15(14)8-17(16)23-21/h3-8,28H,9-10H2,1-2H3,(H,22,23)(H,24,25). The molecule has 7 nitrogen and oxygen atoms in total. The number of hydrogen-bond acceptors (Lipinski definition) is 4. The first kappa shape index (κ1) is 16.6. The van der Waals surface area contributed by atoms with Crippen molar-refractivity contribution >= 4 is 16.9 Å². The Morgan fingerprint density at radius 3 is 2.57 bits per heavy atom. The van der Waals surface area contributed by atoms with Crippen molar-refractivity contribution in [2.75, 3.05) is 0 Å². The summed E-state index contributed by atoms with van der Waals surface area (Å²) in [4.78, 5) is 21.3. The number of amides is 1. The highest BCUT2D eigenvalue weighted by molar-refractivity contribution is 5.84. The Bertz CT molecular complexity index is 1180. The summed E-state index contributed by atoms with van der Waals surface area (Å²) in [5.41, 5.74) is 6.82. The zero-order valence-corrected chi connectivity index (χ0v) is 15.6. The van der Waals surface area contributed by atoms with E-state index < -0.39 is 0 Å². The van der Waals surface area contributed by atoms with Crippen LogP contribution in [0.5, 0.6) is 5.75 Å². The van der Waals surface area contributed by atoms with Crippen LogP contribution in [0.25, 0.3) is 33.8 Å². The largest absolute Gasteiger partial charge is 0.504 e. The molecule has 5 rings (SSSR count). The van der Waals surface area contributed by atoms with E-state index in [1.54, 1.807) is 11.8 Å². The molecule has 140 valence electrons. The third-order valence-corrected chi connectivity index (χ3v) is 5.27. The van der Waals surface area contributed by atoms with Crippen molar-refractivity contribution in [3.05, 3.63) is 53.1 Å². The second kappa shape index (κ2) is 5.95. The van der Waals surface area contributed by atoms with Gasteiger partial charge >= 0.3 is 0 Å². The van der Waals surface area contributed by atoms with Gasteiger partial charge in [0.05, 0.1) is 11.0 Å². The Balaban J connectivity index is 1.53. The maximum Gasteiger partial charge on any atom is 0.220 e. The van der Waals surface area contributed by atoms with E-state index in [9.17, 15) is 9.90 Å². The maximum atomic E-state index is 11.6. The Kier molecular flexibility index (Phi) is 3.52. The minimum atomic E-state index is 0.0678. The van der Waals surface area contributed by atoms with Crippen LogP contribution in [0.2, 0.25) is 0 Å². The molecular weight excluding hydrogens is 354 g/mol. The van der Waals surface area contributed by atoms with Crippen molar-refractivity contribution in [3.8, 4) is 28.5 Å². The highest BCUT2D eigenvalue weighted by atomic mass is 16.3. The van der Waals surface area contributed by atoms with E-state index in [0.717, 1.165) is 33.3 Å². The summed E-state index contributed by atoms with van der Waals surface area (Å²) in [6.07, 6.45) is 0. The lowest BCUT2D eigenvalue weighted by Gasteiger charge is -2.10. The molecule has 4 aromatic rings. The van der Waals surface area contributed by atoms with E-state index >= 15 is 0 Å². The average Bonchev–Trinajstić information content (AvgIpc) is 3.36. The van der Waals surface area contributed by atoms with Gasteiger partial charge in [0.15, 0.2) is 11.6 Å².